The summed E-state index contributed by atoms with van der Waals surface area (Å²) in [5, 5.41) is 0. The molecule has 0 radical (unpaired) electrons. The molecule has 1 rings (SSSR count). The minimum absolute atomic E-state index is 0. The molecular formula is C6H6LiNO3S. The third-order valence-corrected chi connectivity index (χ3v) is 1.74. The summed E-state index contributed by atoms with van der Waals surface area (Å²) in [4.78, 5) is 3.86. The van der Waals surface area contributed by atoms with E-state index in [1.165, 1.54) is 25.4 Å². The molecular weight excluding hydrogens is 173 g/mol. The zero-order valence-electron chi connectivity index (χ0n) is 6.81. The van der Waals surface area contributed by atoms with Crippen LogP contribution in [0.15, 0.2) is 23.2 Å². The molecule has 0 spiro atoms. The van der Waals surface area contributed by atoms with Gasteiger partial charge in [-0.15, -0.1) is 0 Å². The number of pyridine rings is 1. The van der Waals surface area contributed by atoms with Crippen molar-refractivity contribution in [3.63, 3.8) is 0 Å². The molecule has 0 amide bonds. The van der Waals surface area contributed by atoms with Gasteiger partial charge in [-0.3, -0.25) is 4.21 Å². The fraction of sp³-hybridized carbons (Fsp3) is 0.167. The van der Waals surface area contributed by atoms with E-state index >= 15 is 0 Å². The fourth-order valence-corrected chi connectivity index (χ4v) is 0.904. The van der Waals surface area contributed by atoms with Gasteiger partial charge in [0.25, 0.3) is 0 Å². The van der Waals surface area contributed by atoms with E-state index in [4.69, 9.17) is 4.74 Å². The van der Waals surface area contributed by atoms with E-state index in [0.29, 0.717) is 5.88 Å². The van der Waals surface area contributed by atoms with E-state index < -0.39 is 11.1 Å². The van der Waals surface area contributed by atoms with Crippen LogP contribution in [0.25, 0.3) is 0 Å². The van der Waals surface area contributed by atoms with Crippen LogP contribution < -0.4 is 23.6 Å². The van der Waals surface area contributed by atoms with Crippen molar-refractivity contribution in [2.75, 3.05) is 7.11 Å². The van der Waals surface area contributed by atoms with E-state index in [1.807, 2.05) is 0 Å². The van der Waals surface area contributed by atoms with Crippen LogP contribution in [0, 0.1) is 0 Å². The summed E-state index contributed by atoms with van der Waals surface area (Å²) in [5.74, 6) is 0.402. The second-order valence-corrected chi connectivity index (χ2v) is 2.71. The molecule has 0 aliphatic rings. The summed E-state index contributed by atoms with van der Waals surface area (Å²) in [6.45, 7) is 0. The van der Waals surface area contributed by atoms with E-state index in [9.17, 15) is 8.76 Å². The molecule has 0 aliphatic heterocycles. The molecule has 0 bridgehead atoms. The Morgan fingerprint density at radius 2 is 2.25 bits per heavy atom. The molecule has 1 atom stereocenters. The Morgan fingerprint density at radius 1 is 1.58 bits per heavy atom. The standard InChI is InChI=1S/C6H7NO3S.Li/c1-10-6-3-2-5(4-7-6)11(8)9;/h2-4H,1H3,(H,8,9);/q;+1/p-1. The second-order valence-electron chi connectivity index (χ2n) is 1.77. The molecule has 0 fully saturated rings. The molecule has 0 aliphatic carbocycles. The number of hydrogen-bond donors (Lipinski definition) is 0. The summed E-state index contributed by atoms with van der Waals surface area (Å²) in [7, 11) is 1.47. The third kappa shape index (κ3) is 2.95. The van der Waals surface area contributed by atoms with Gasteiger partial charge in [-0.1, -0.05) is 0 Å². The SMILES string of the molecule is COc1ccc(S(=O)[O-])cn1.[Li+]. The number of methoxy groups -OCH3 is 1. The van der Waals surface area contributed by atoms with Gasteiger partial charge in [0, 0.05) is 17.2 Å². The Kier molecular flexibility index (Phi) is 5.18. The number of hydrogen-bond acceptors (Lipinski definition) is 4. The van der Waals surface area contributed by atoms with E-state index in [1.54, 1.807) is 0 Å². The molecule has 60 valence electrons. The molecule has 1 aromatic heterocycles. The minimum Gasteiger partial charge on any atom is -0.768 e. The predicted molar refractivity (Wildman–Crippen MR) is 38.0 cm³/mol. The van der Waals surface area contributed by atoms with Crippen LogP contribution in [0.1, 0.15) is 0 Å². The second kappa shape index (κ2) is 5.33. The van der Waals surface area contributed by atoms with Crippen molar-refractivity contribution in [3.05, 3.63) is 18.3 Å². The van der Waals surface area contributed by atoms with E-state index in [0.717, 1.165) is 0 Å². The number of nitrogens with zero attached hydrogens (tertiary/aromatic N) is 1. The Morgan fingerprint density at radius 3 is 2.58 bits per heavy atom. The normalized spacial score (nSPS) is 11.5. The Labute approximate surface area is 84.8 Å². The van der Waals surface area contributed by atoms with Gasteiger partial charge in [-0.05, 0) is 17.1 Å². The summed E-state index contributed by atoms with van der Waals surface area (Å²) < 4.78 is 25.4. The number of ether oxygens (including phenoxy) is 1. The smallest absolute Gasteiger partial charge is 0.768 e. The van der Waals surface area contributed by atoms with Gasteiger partial charge in [-0.25, -0.2) is 4.98 Å². The zero-order valence-corrected chi connectivity index (χ0v) is 7.63. The molecule has 1 aromatic rings. The summed E-state index contributed by atoms with van der Waals surface area (Å²) in [5.41, 5.74) is 0. The maximum Gasteiger partial charge on any atom is 1.00 e. The maximum absolute atomic E-state index is 10.3. The molecule has 1 unspecified atom stereocenters. The van der Waals surface area contributed by atoms with Crippen molar-refractivity contribution in [3.8, 4) is 5.88 Å². The first-order chi connectivity index (χ1) is 5.24. The van der Waals surface area contributed by atoms with Gasteiger partial charge in [0.2, 0.25) is 5.88 Å². The van der Waals surface area contributed by atoms with Crippen LogP contribution >= 0.6 is 0 Å². The molecule has 0 N–H and O–H groups in total. The van der Waals surface area contributed by atoms with Gasteiger partial charge in [-0.2, -0.15) is 0 Å². The average molecular weight is 179 g/mol. The predicted octanol–water partition coefficient (Wildman–Crippen LogP) is -2.67. The first kappa shape index (κ1) is 11.7. The van der Waals surface area contributed by atoms with Crippen LogP contribution in [0.4, 0.5) is 0 Å². The van der Waals surface area contributed by atoms with Gasteiger partial charge in [0.05, 0.1) is 7.11 Å². The monoisotopic (exact) mass is 179 g/mol. The molecule has 4 nitrogen and oxygen atoms in total. The molecule has 1 heterocycles. The summed E-state index contributed by atoms with van der Waals surface area (Å²) >= 11 is -2.21. The van der Waals surface area contributed by atoms with Crippen molar-refractivity contribution in [1.82, 2.24) is 4.98 Å². The third-order valence-electron chi connectivity index (χ3n) is 1.11. The van der Waals surface area contributed by atoms with Gasteiger partial charge in [0.1, 0.15) is 0 Å². The Bertz CT molecular complexity index is 264. The first-order valence-electron chi connectivity index (χ1n) is 2.83. The Balaban J connectivity index is 0.00000121. The maximum atomic E-state index is 10.3. The fourth-order valence-electron chi connectivity index (χ4n) is 0.586. The van der Waals surface area contributed by atoms with Crippen molar-refractivity contribution < 1.29 is 32.4 Å². The molecule has 12 heavy (non-hydrogen) atoms. The van der Waals surface area contributed by atoms with Crippen LogP contribution in [-0.4, -0.2) is 20.9 Å². The van der Waals surface area contributed by atoms with Gasteiger partial charge >= 0.3 is 18.9 Å². The Hall–Kier alpha value is -0.343. The molecule has 6 heteroatoms. The van der Waals surface area contributed by atoms with Crippen molar-refractivity contribution in [2.24, 2.45) is 0 Å². The quantitative estimate of drug-likeness (QED) is 0.367. The largest absolute Gasteiger partial charge is 1.00 e. The van der Waals surface area contributed by atoms with Gasteiger partial charge < -0.3 is 9.29 Å². The van der Waals surface area contributed by atoms with Crippen LogP contribution in [-0.2, 0) is 11.1 Å². The van der Waals surface area contributed by atoms with Crippen LogP contribution in [0.5, 0.6) is 5.88 Å². The number of rotatable bonds is 2. The average Bonchev–Trinajstić information content (AvgIpc) is 2.05. The van der Waals surface area contributed by atoms with Gasteiger partial charge in [0.15, 0.2) is 0 Å². The number of aromatic nitrogens is 1. The molecule has 0 saturated carbocycles. The van der Waals surface area contributed by atoms with Crippen molar-refractivity contribution in [2.45, 2.75) is 4.90 Å². The van der Waals surface area contributed by atoms with Crippen LogP contribution in [0.3, 0.4) is 0 Å². The van der Waals surface area contributed by atoms with Crippen molar-refractivity contribution in [1.29, 1.82) is 0 Å². The molecule has 0 saturated heterocycles. The summed E-state index contributed by atoms with van der Waals surface area (Å²) in [6, 6.07) is 2.92. The van der Waals surface area contributed by atoms with E-state index in [2.05, 4.69) is 4.98 Å². The molecule has 0 aromatic carbocycles. The summed E-state index contributed by atoms with van der Waals surface area (Å²) in [6.07, 6.45) is 1.24. The van der Waals surface area contributed by atoms with Crippen LogP contribution in [0.2, 0.25) is 0 Å². The van der Waals surface area contributed by atoms with E-state index in [-0.39, 0.29) is 23.8 Å². The zero-order chi connectivity index (χ0) is 8.27. The minimum atomic E-state index is -2.21. The first-order valence-corrected chi connectivity index (χ1v) is 3.91. The topological polar surface area (TPSA) is 62.2 Å². The van der Waals surface area contributed by atoms with Crippen molar-refractivity contribution >= 4 is 11.1 Å².